The van der Waals surface area contributed by atoms with Crippen molar-refractivity contribution in [3.8, 4) is 5.75 Å². The number of methoxy groups -OCH3 is 1. The largest absolute Gasteiger partial charge is 0.496 e. The minimum Gasteiger partial charge on any atom is -0.496 e. The van der Waals surface area contributed by atoms with Crippen LogP contribution in [0.2, 0.25) is 0 Å². The molecule has 2 aromatic carbocycles. The van der Waals surface area contributed by atoms with Crippen molar-refractivity contribution in [2.24, 2.45) is 0 Å². The van der Waals surface area contributed by atoms with E-state index < -0.39 is 5.97 Å². The lowest BCUT2D eigenvalue weighted by atomic mass is 10.0. The quantitative estimate of drug-likeness (QED) is 0.839. The van der Waals surface area contributed by atoms with Crippen molar-refractivity contribution in [1.29, 1.82) is 0 Å². The van der Waals surface area contributed by atoms with Crippen molar-refractivity contribution in [2.75, 3.05) is 7.11 Å². The van der Waals surface area contributed by atoms with Crippen LogP contribution in [0.1, 0.15) is 15.9 Å². The number of aryl methyl sites for hydroxylation is 1. The Labute approximate surface area is 93.3 Å². The predicted molar refractivity (Wildman–Crippen MR) is 62.2 cm³/mol. The maximum absolute atomic E-state index is 10.9. The van der Waals surface area contributed by atoms with E-state index in [2.05, 4.69) is 0 Å². The summed E-state index contributed by atoms with van der Waals surface area (Å²) in [7, 11) is 1.58. The molecule has 3 nitrogen and oxygen atoms in total. The first-order valence-corrected chi connectivity index (χ1v) is 4.94. The Hall–Kier alpha value is -2.03. The number of rotatable bonds is 2. The Morgan fingerprint density at radius 3 is 2.56 bits per heavy atom. The minimum absolute atomic E-state index is 0.274. The fraction of sp³-hybridized carbons (Fsp3) is 0.154. The molecule has 0 heterocycles. The summed E-state index contributed by atoms with van der Waals surface area (Å²) in [5, 5.41) is 10.8. The number of carbonyl (C=O) groups is 1. The molecule has 3 heteroatoms. The van der Waals surface area contributed by atoms with E-state index in [0.717, 1.165) is 16.3 Å². The van der Waals surface area contributed by atoms with Gasteiger partial charge in [-0.25, -0.2) is 4.79 Å². The zero-order valence-electron chi connectivity index (χ0n) is 9.15. The maximum atomic E-state index is 10.9. The van der Waals surface area contributed by atoms with Gasteiger partial charge < -0.3 is 9.84 Å². The third kappa shape index (κ3) is 1.60. The fourth-order valence-electron chi connectivity index (χ4n) is 1.78. The van der Waals surface area contributed by atoms with Crippen molar-refractivity contribution in [1.82, 2.24) is 0 Å². The summed E-state index contributed by atoms with van der Waals surface area (Å²) in [6.07, 6.45) is 0. The SMILES string of the molecule is COc1ccc(C)c2ccc(C(=O)O)cc12. The van der Waals surface area contributed by atoms with Gasteiger partial charge in [-0.3, -0.25) is 0 Å². The van der Waals surface area contributed by atoms with E-state index in [9.17, 15) is 4.79 Å². The van der Waals surface area contributed by atoms with E-state index in [1.54, 1.807) is 19.2 Å². The molecule has 0 fully saturated rings. The molecule has 0 saturated heterocycles. The Morgan fingerprint density at radius 2 is 1.94 bits per heavy atom. The molecule has 82 valence electrons. The van der Waals surface area contributed by atoms with Gasteiger partial charge in [0.25, 0.3) is 0 Å². The monoisotopic (exact) mass is 216 g/mol. The second-order valence-corrected chi connectivity index (χ2v) is 3.65. The Balaban J connectivity index is 2.79. The number of benzene rings is 2. The summed E-state index contributed by atoms with van der Waals surface area (Å²) >= 11 is 0. The first-order chi connectivity index (χ1) is 7.63. The second-order valence-electron chi connectivity index (χ2n) is 3.65. The number of aromatic carboxylic acids is 1. The summed E-state index contributed by atoms with van der Waals surface area (Å²) in [4.78, 5) is 10.9. The molecule has 0 saturated carbocycles. The highest BCUT2D eigenvalue weighted by molar-refractivity contribution is 5.98. The number of hydrogen-bond donors (Lipinski definition) is 1. The first-order valence-electron chi connectivity index (χ1n) is 4.94. The Bertz CT molecular complexity index is 558. The fourth-order valence-corrected chi connectivity index (χ4v) is 1.78. The van der Waals surface area contributed by atoms with Gasteiger partial charge in [0.05, 0.1) is 12.7 Å². The molecule has 0 radical (unpaired) electrons. The normalized spacial score (nSPS) is 10.4. The van der Waals surface area contributed by atoms with Crippen LogP contribution in [-0.2, 0) is 0 Å². The number of ether oxygens (including phenoxy) is 1. The van der Waals surface area contributed by atoms with Crippen LogP contribution in [0.25, 0.3) is 10.8 Å². The van der Waals surface area contributed by atoms with Crippen LogP contribution in [-0.4, -0.2) is 18.2 Å². The molecule has 0 spiro atoms. The molecular weight excluding hydrogens is 204 g/mol. The molecule has 0 amide bonds. The molecule has 0 aliphatic rings. The molecule has 0 aromatic heterocycles. The van der Waals surface area contributed by atoms with Crippen molar-refractivity contribution in [3.05, 3.63) is 41.5 Å². The summed E-state index contributed by atoms with van der Waals surface area (Å²) in [6.45, 7) is 1.99. The summed E-state index contributed by atoms with van der Waals surface area (Å²) in [5.74, 6) is -0.228. The lowest BCUT2D eigenvalue weighted by Crippen LogP contribution is -1.96. The second kappa shape index (κ2) is 3.85. The number of fused-ring (bicyclic) bond motifs is 1. The van der Waals surface area contributed by atoms with E-state index in [-0.39, 0.29) is 5.56 Å². The van der Waals surface area contributed by atoms with Gasteiger partial charge in [0.2, 0.25) is 0 Å². The van der Waals surface area contributed by atoms with E-state index in [4.69, 9.17) is 9.84 Å². The van der Waals surface area contributed by atoms with Crippen molar-refractivity contribution in [3.63, 3.8) is 0 Å². The third-order valence-electron chi connectivity index (χ3n) is 2.66. The highest BCUT2D eigenvalue weighted by atomic mass is 16.5. The van der Waals surface area contributed by atoms with Gasteiger partial charge >= 0.3 is 5.97 Å². The molecule has 0 aliphatic carbocycles. The highest BCUT2D eigenvalue weighted by Gasteiger charge is 2.08. The lowest BCUT2D eigenvalue weighted by Gasteiger charge is -2.08. The van der Waals surface area contributed by atoms with E-state index in [0.29, 0.717) is 5.75 Å². The highest BCUT2D eigenvalue weighted by Crippen LogP contribution is 2.29. The topological polar surface area (TPSA) is 46.5 Å². The maximum Gasteiger partial charge on any atom is 0.335 e. The first kappa shape index (κ1) is 10.5. The Morgan fingerprint density at radius 1 is 1.19 bits per heavy atom. The third-order valence-corrected chi connectivity index (χ3v) is 2.66. The molecule has 0 aliphatic heterocycles. The molecular formula is C13H12O3. The predicted octanol–water partition coefficient (Wildman–Crippen LogP) is 2.86. The molecule has 16 heavy (non-hydrogen) atoms. The van der Waals surface area contributed by atoms with Crippen LogP contribution in [0, 0.1) is 6.92 Å². The van der Waals surface area contributed by atoms with Gasteiger partial charge in [0.15, 0.2) is 0 Å². The average Bonchev–Trinajstić information content (AvgIpc) is 2.29. The Kier molecular flexibility index (Phi) is 2.52. The molecule has 0 atom stereocenters. The van der Waals surface area contributed by atoms with Crippen LogP contribution in [0.15, 0.2) is 30.3 Å². The number of carboxylic acid groups (broad SMARTS) is 1. The van der Waals surface area contributed by atoms with Gasteiger partial charge in [0, 0.05) is 5.39 Å². The smallest absolute Gasteiger partial charge is 0.335 e. The zero-order valence-corrected chi connectivity index (χ0v) is 9.15. The molecule has 1 N–H and O–H groups in total. The average molecular weight is 216 g/mol. The van der Waals surface area contributed by atoms with E-state index >= 15 is 0 Å². The van der Waals surface area contributed by atoms with E-state index in [1.165, 1.54) is 0 Å². The minimum atomic E-state index is -0.926. The summed E-state index contributed by atoms with van der Waals surface area (Å²) in [6, 6.07) is 8.88. The van der Waals surface area contributed by atoms with Gasteiger partial charge in [-0.2, -0.15) is 0 Å². The summed E-state index contributed by atoms with van der Waals surface area (Å²) in [5.41, 5.74) is 1.38. The van der Waals surface area contributed by atoms with Crippen LogP contribution in [0.5, 0.6) is 5.75 Å². The van der Waals surface area contributed by atoms with Crippen LogP contribution in [0.4, 0.5) is 0 Å². The van der Waals surface area contributed by atoms with Crippen LogP contribution < -0.4 is 4.74 Å². The summed E-state index contributed by atoms with van der Waals surface area (Å²) < 4.78 is 5.22. The van der Waals surface area contributed by atoms with Gasteiger partial charge in [-0.05, 0) is 36.1 Å². The van der Waals surface area contributed by atoms with Crippen molar-refractivity contribution >= 4 is 16.7 Å². The standard InChI is InChI=1S/C13H12O3/c1-8-3-6-12(16-2)11-7-9(13(14)15)4-5-10(8)11/h3-7H,1-2H3,(H,14,15). The van der Waals surface area contributed by atoms with Crippen LogP contribution >= 0.6 is 0 Å². The molecule has 0 unspecified atom stereocenters. The van der Waals surface area contributed by atoms with Gasteiger partial charge in [-0.15, -0.1) is 0 Å². The molecule has 0 bridgehead atoms. The number of carboxylic acids is 1. The van der Waals surface area contributed by atoms with Gasteiger partial charge in [-0.1, -0.05) is 12.1 Å². The van der Waals surface area contributed by atoms with Crippen molar-refractivity contribution in [2.45, 2.75) is 6.92 Å². The van der Waals surface area contributed by atoms with Crippen LogP contribution in [0.3, 0.4) is 0 Å². The van der Waals surface area contributed by atoms with Crippen molar-refractivity contribution < 1.29 is 14.6 Å². The number of hydrogen-bond acceptors (Lipinski definition) is 2. The zero-order chi connectivity index (χ0) is 11.7. The molecule has 2 aromatic rings. The molecule has 2 rings (SSSR count). The van der Waals surface area contributed by atoms with E-state index in [1.807, 2.05) is 25.1 Å². The van der Waals surface area contributed by atoms with Gasteiger partial charge in [0.1, 0.15) is 5.75 Å². The lowest BCUT2D eigenvalue weighted by molar-refractivity contribution is 0.0697.